The summed E-state index contributed by atoms with van der Waals surface area (Å²) >= 11 is 11.8. The van der Waals surface area contributed by atoms with E-state index in [4.69, 9.17) is 27.9 Å². The Hall–Kier alpha value is -1.80. The van der Waals surface area contributed by atoms with E-state index in [1.54, 1.807) is 17.9 Å². The van der Waals surface area contributed by atoms with Crippen LogP contribution in [0.2, 0.25) is 10.0 Å². The van der Waals surface area contributed by atoms with Crippen molar-refractivity contribution < 1.29 is 17.9 Å². The Bertz CT molecular complexity index is 953. The number of anilines is 1. The van der Waals surface area contributed by atoms with E-state index < -0.39 is 10.0 Å². The lowest BCUT2D eigenvalue weighted by Crippen LogP contribution is -2.41. The number of carbonyl (C=O) groups excluding carboxylic acids is 1. The quantitative estimate of drug-likeness (QED) is 0.807. The third-order valence-electron chi connectivity index (χ3n) is 4.16. The molecule has 0 saturated carbocycles. The molecular weight excluding hydrogens is 411 g/mol. The molecule has 0 radical (unpaired) electrons. The maximum atomic E-state index is 12.8. The van der Waals surface area contributed by atoms with Crippen molar-refractivity contribution >= 4 is 44.8 Å². The molecule has 1 amide bonds. The van der Waals surface area contributed by atoms with Crippen molar-refractivity contribution in [2.24, 2.45) is 0 Å². The summed E-state index contributed by atoms with van der Waals surface area (Å²) in [6.07, 6.45) is 0. The molecule has 2 aromatic carbocycles. The van der Waals surface area contributed by atoms with Gasteiger partial charge in [-0.15, -0.1) is 0 Å². The molecule has 0 atom stereocenters. The number of nitrogens with one attached hydrogen (secondary N) is 1. The van der Waals surface area contributed by atoms with Crippen molar-refractivity contribution in [3.05, 3.63) is 57.6 Å². The third kappa shape index (κ3) is 4.73. The Labute approximate surface area is 168 Å². The normalized spacial score (nSPS) is 14.9. The first kappa shape index (κ1) is 19.9. The highest BCUT2D eigenvalue weighted by Gasteiger charge is 2.23. The minimum absolute atomic E-state index is 0.0131. The zero-order valence-corrected chi connectivity index (χ0v) is 16.9. The Morgan fingerprint density at radius 3 is 2.33 bits per heavy atom. The molecule has 1 aliphatic heterocycles. The van der Waals surface area contributed by atoms with Gasteiger partial charge in [0, 0.05) is 28.7 Å². The predicted octanol–water partition coefficient (Wildman–Crippen LogP) is 3.58. The minimum atomic E-state index is -3.91. The first-order valence-corrected chi connectivity index (χ1v) is 10.5. The van der Waals surface area contributed by atoms with E-state index in [1.165, 1.54) is 30.3 Å². The zero-order valence-electron chi connectivity index (χ0n) is 14.5. The number of ether oxygens (including phenoxy) is 1. The summed E-state index contributed by atoms with van der Waals surface area (Å²) in [6.45, 7) is 3.68. The van der Waals surface area contributed by atoms with Crippen LogP contribution in [-0.2, 0) is 14.8 Å². The molecule has 0 unspecified atom stereocenters. The highest BCUT2D eigenvalue weighted by molar-refractivity contribution is 7.92. The summed E-state index contributed by atoms with van der Waals surface area (Å²) in [5, 5.41) is 0.625. The number of benzene rings is 2. The number of morpholine rings is 1. The first-order chi connectivity index (χ1) is 12.8. The predicted molar refractivity (Wildman–Crippen MR) is 105 cm³/mol. The van der Waals surface area contributed by atoms with Gasteiger partial charge >= 0.3 is 0 Å². The number of halogens is 2. The molecule has 144 valence electrons. The third-order valence-corrected chi connectivity index (χ3v) is 5.98. The average Bonchev–Trinajstić information content (AvgIpc) is 2.61. The summed E-state index contributed by atoms with van der Waals surface area (Å²) in [4.78, 5) is 14.4. The van der Waals surface area contributed by atoms with Gasteiger partial charge < -0.3 is 9.64 Å². The maximum Gasteiger partial charge on any atom is 0.261 e. The summed E-state index contributed by atoms with van der Waals surface area (Å²) in [7, 11) is -3.91. The van der Waals surface area contributed by atoms with Crippen molar-refractivity contribution in [2.75, 3.05) is 31.0 Å². The number of amides is 1. The van der Waals surface area contributed by atoms with Crippen LogP contribution in [0.25, 0.3) is 0 Å². The minimum Gasteiger partial charge on any atom is -0.378 e. The van der Waals surface area contributed by atoms with Crippen LogP contribution >= 0.6 is 23.2 Å². The number of carbonyl (C=O) groups is 1. The summed E-state index contributed by atoms with van der Waals surface area (Å²) in [5.74, 6) is -0.210. The van der Waals surface area contributed by atoms with Gasteiger partial charge in [-0.25, -0.2) is 8.42 Å². The number of rotatable bonds is 4. The summed E-state index contributed by atoms with van der Waals surface area (Å²) in [5.41, 5.74) is 1.30. The van der Waals surface area contributed by atoms with Crippen LogP contribution in [0.1, 0.15) is 15.9 Å². The molecule has 2 aromatic rings. The zero-order chi connectivity index (χ0) is 19.6. The topological polar surface area (TPSA) is 75.7 Å². The SMILES string of the molecule is Cc1ccc(S(=O)(=O)Nc2cc(Cl)cc(Cl)c2)cc1C(=O)N1CCOCC1. The molecule has 9 heteroatoms. The largest absolute Gasteiger partial charge is 0.378 e. The highest BCUT2D eigenvalue weighted by atomic mass is 35.5. The molecule has 3 rings (SSSR count). The summed E-state index contributed by atoms with van der Waals surface area (Å²) < 4.78 is 33.2. The molecule has 0 aliphatic carbocycles. The maximum absolute atomic E-state index is 12.8. The van der Waals surface area contributed by atoms with Crippen LogP contribution in [-0.4, -0.2) is 45.5 Å². The average molecular weight is 429 g/mol. The summed E-state index contributed by atoms with van der Waals surface area (Å²) in [6, 6.07) is 8.89. The van der Waals surface area contributed by atoms with Crippen molar-refractivity contribution in [2.45, 2.75) is 11.8 Å². The monoisotopic (exact) mass is 428 g/mol. The molecule has 1 fully saturated rings. The van der Waals surface area contributed by atoms with E-state index in [-0.39, 0.29) is 16.5 Å². The Kier molecular flexibility index (Phi) is 5.95. The second-order valence-corrected chi connectivity index (χ2v) is 8.70. The van der Waals surface area contributed by atoms with Crippen LogP contribution in [0.5, 0.6) is 0 Å². The Balaban J connectivity index is 1.90. The van der Waals surface area contributed by atoms with Gasteiger partial charge in [-0.2, -0.15) is 0 Å². The molecule has 1 N–H and O–H groups in total. The molecule has 0 spiro atoms. The van der Waals surface area contributed by atoms with E-state index in [1.807, 2.05) is 0 Å². The second kappa shape index (κ2) is 8.06. The number of nitrogens with zero attached hydrogens (tertiary/aromatic N) is 1. The van der Waals surface area contributed by atoms with E-state index in [2.05, 4.69) is 4.72 Å². The fourth-order valence-corrected chi connectivity index (χ4v) is 4.35. The van der Waals surface area contributed by atoms with Gasteiger partial charge in [0.2, 0.25) is 0 Å². The molecule has 0 aromatic heterocycles. The highest BCUT2D eigenvalue weighted by Crippen LogP contribution is 2.25. The van der Waals surface area contributed by atoms with E-state index in [0.29, 0.717) is 47.5 Å². The van der Waals surface area contributed by atoms with E-state index in [9.17, 15) is 13.2 Å². The van der Waals surface area contributed by atoms with Crippen LogP contribution in [0.15, 0.2) is 41.3 Å². The lowest BCUT2D eigenvalue weighted by Gasteiger charge is -2.27. The molecule has 0 bridgehead atoms. The first-order valence-electron chi connectivity index (χ1n) is 8.23. The molecule has 1 heterocycles. The van der Waals surface area contributed by atoms with E-state index in [0.717, 1.165) is 0 Å². The number of sulfonamides is 1. The molecule has 1 aliphatic rings. The van der Waals surface area contributed by atoms with Crippen molar-refractivity contribution in [3.8, 4) is 0 Å². The number of hydrogen-bond donors (Lipinski definition) is 1. The molecule has 27 heavy (non-hydrogen) atoms. The smallest absolute Gasteiger partial charge is 0.261 e. The van der Waals surface area contributed by atoms with Crippen LogP contribution < -0.4 is 4.72 Å². The molecule has 6 nitrogen and oxygen atoms in total. The van der Waals surface area contributed by atoms with Gasteiger partial charge in [0.25, 0.3) is 15.9 Å². The van der Waals surface area contributed by atoms with Crippen LogP contribution in [0, 0.1) is 6.92 Å². The lowest BCUT2D eigenvalue weighted by molar-refractivity contribution is 0.0302. The van der Waals surface area contributed by atoms with Gasteiger partial charge in [0.1, 0.15) is 0 Å². The fraction of sp³-hybridized carbons (Fsp3) is 0.278. The lowest BCUT2D eigenvalue weighted by atomic mass is 10.1. The van der Waals surface area contributed by atoms with Crippen molar-refractivity contribution in [1.82, 2.24) is 4.90 Å². The van der Waals surface area contributed by atoms with Crippen molar-refractivity contribution in [3.63, 3.8) is 0 Å². The number of hydrogen-bond acceptors (Lipinski definition) is 4. The molecule has 1 saturated heterocycles. The fourth-order valence-electron chi connectivity index (χ4n) is 2.76. The van der Waals surface area contributed by atoms with Gasteiger partial charge in [-0.3, -0.25) is 9.52 Å². The molecular formula is C18H18Cl2N2O4S. The van der Waals surface area contributed by atoms with Crippen molar-refractivity contribution in [1.29, 1.82) is 0 Å². The van der Waals surface area contributed by atoms with Gasteiger partial charge in [0.05, 0.1) is 23.8 Å². The Morgan fingerprint density at radius 1 is 1.07 bits per heavy atom. The van der Waals surface area contributed by atoms with Gasteiger partial charge in [0.15, 0.2) is 0 Å². The van der Waals surface area contributed by atoms with Crippen LogP contribution in [0.4, 0.5) is 5.69 Å². The van der Waals surface area contributed by atoms with Gasteiger partial charge in [-0.1, -0.05) is 29.3 Å². The van der Waals surface area contributed by atoms with E-state index >= 15 is 0 Å². The second-order valence-electron chi connectivity index (χ2n) is 6.14. The van der Waals surface area contributed by atoms with Crippen LogP contribution in [0.3, 0.4) is 0 Å². The Morgan fingerprint density at radius 2 is 1.70 bits per heavy atom. The standard InChI is InChI=1S/C18H18Cl2N2O4S/c1-12-2-3-16(11-17(12)18(23)22-4-6-26-7-5-22)27(24,25)21-15-9-13(19)8-14(20)10-15/h2-3,8-11,21H,4-7H2,1H3. The number of aryl methyl sites for hydroxylation is 1. The van der Waals surface area contributed by atoms with Gasteiger partial charge in [-0.05, 0) is 42.8 Å².